The Morgan fingerprint density at radius 1 is 1.17 bits per heavy atom. The van der Waals surface area contributed by atoms with Crippen molar-refractivity contribution in [3.63, 3.8) is 0 Å². The molecule has 0 spiro atoms. The summed E-state index contributed by atoms with van der Waals surface area (Å²) in [6.07, 6.45) is 9.48. The highest BCUT2D eigenvalue weighted by atomic mass is 15.2. The molecule has 0 aliphatic carbocycles. The van der Waals surface area contributed by atoms with E-state index >= 15 is 0 Å². The maximum Gasteiger partial charge on any atom is 0.0277 e. The predicted octanol–water partition coefficient (Wildman–Crippen LogP) is 3.81. The zero-order chi connectivity index (χ0) is 13.4. The molecular formula is C16H34N2. The van der Waals surface area contributed by atoms with Crippen LogP contribution in [0, 0.1) is 0 Å². The standard InChI is InChI=1S/C16H34N2/c1-5-7-8-9-10-13-18-14-16(4,6-2)17-12-11-15(18)3/h15,17H,5-14H2,1-4H3. The molecule has 0 saturated carbocycles. The van der Waals surface area contributed by atoms with Crippen LogP contribution in [0.5, 0.6) is 0 Å². The zero-order valence-electron chi connectivity index (χ0n) is 13.1. The van der Waals surface area contributed by atoms with Crippen molar-refractivity contribution >= 4 is 0 Å². The molecule has 1 heterocycles. The van der Waals surface area contributed by atoms with Crippen LogP contribution in [0.3, 0.4) is 0 Å². The maximum absolute atomic E-state index is 3.74. The number of hydrogen-bond acceptors (Lipinski definition) is 2. The molecule has 1 aliphatic heterocycles. The highest BCUT2D eigenvalue weighted by molar-refractivity contribution is 4.90. The minimum atomic E-state index is 0.328. The molecule has 0 aromatic rings. The first-order valence-electron chi connectivity index (χ1n) is 8.10. The van der Waals surface area contributed by atoms with Gasteiger partial charge >= 0.3 is 0 Å². The molecule has 0 amide bonds. The number of unbranched alkanes of at least 4 members (excludes halogenated alkanes) is 4. The van der Waals surface area contributed by atoms with E-state index in [-0.39, 0.29) is 0 Å². The fourth-order valence-electron chi connectivity index (χ4n) is 2.88. The monoisotopic (exact) mass is 254 g/mol. The van der Waals surface area contributed by atoms with Crippen LogP contribution in [0.25, 0.3) is 0 Å². The number of nitrogens with one attached hydrogen (secondary N) is 1. The molecule has 1 aliphatic rings. The first kappa shape index (κ1) is 16.0. The van der Waals surface area contributed by atoms with Crippen LogP contribution in [-0.4, -0.2) is 36.1 Å². The van der Waals surface area contributed by atoms with Gasteiger partial charge in [-0.05, 0) is 46.2 Å². The predicted molar refractivity (Wildman–Crippen MR) is 81.1 cm³/mol. The third kappa shape index (κ3) is 5.27. The molecule has 0 aromatic carbocycles. The number of rotatable bonds is 7. The van der Waals surface area contributed by atoms with Gasteiger partial charge in [-0.1, -0.05) is 39.5 Å². The van der Waals surface area contributed by atoms with Gasteiger partial charge < -0.3 is 5.32 Å². The molecule has 1 saturated heterocycles. The van der Waals surface area contributed by atoms with Crippen molar-refractivity contribution in [2.24, 2.45) is 0 Å². The van der Waals surface area contributed by atoms with Crippen LogP contribution in [0.4, 0.5) is 0 Å². The summed E-state index contributed by atoms with van der Waals surface area (Å²) in [5.74, 6) is 0. The Labute approximate surface area is 115 Å². The normalized spacial score (nSPS) is 30.3. The van der Waals surface area contributed by atoms with Crippen molar-refractivity contribution in [3.8, 4) is 0 Å². The van der Waals surface area contributed by atoms with Crippen molar-refractivity contribution in [1.82, 2.24) is 10.2 Å². The minimum Gasteiger partial charge on any atom is -0.310 e. The van der Waals surface area contributed by atoms with Crippen LogP contribution < -0.4 is 5.32 Å². The number of hydrogen-bond donors (Lipinski definition) is 1. The second-order valence-corrected chi connectivity index (χ2v) is 6.36. The lowest BCUT2D eigenvalue weighted by Gasteiger charge is -2.35. The fraction of sp³-hybridized carbons (Fsp3) is 1.00. The zero-order valence-corrected chi connectivity index (χ0v) is 13.1. The molecule has 108 valence electrons. The van der Waals surface area contributed by atoms with Gasteiger partial charge in [-0.3, -0.25) is 4.90 Å². The van der Waals surface area contributed by atoms with Gasteiger partial charge in [0.1, 0.15) is 0 Å². The van der Waals surface area contributed by atoms with Crippen molar-refractivity contribution in [3.05, 3.63) is 0 Å². The van der Waals surface area contributed by atoms with Gasteiger partial charge in [-0.15, -0.1) is 0 Å². The van der Waals surface area contributed by atoms with E-state index in [1.54, 1.807) is 0 Å². The second-order valence-electron chi connectivity index (χ2n) is 6.36. The molecule has 2 unspecified atom stereocenters. The Hall–Kier alpha value is -0.0800. The lowest BCUT2D eigenvalue weighted by atomic mass is 9.98. The fourth-order valence-corrected chi connectivity index (χ4v) is 2.88. The van der Waals surface area contributed by atoms with E-state index in [4.69, 9.17) is 0 Å². The second kappa shape index (κ2) is 8.16. The average molecular weight is 254 g/mol. The van der Waals surface area contributed by atoms with Crippen molar-refractivity contribution < 1.29 is 0 Å². The third-order valence-corrected chi connectivity index (χ3v) is 4.62. The molecule has 2 atom stereocenters. The van der Waals surface area contributed by atoms with Crippen LogP contribution >= 0.6 is 0 Å². The van der Waals surface area contributed by atoms with E-state index in [1.165, 1.54) is 64.6 Å². The van der Waals surface area contributed by atoms with Crippen LogP contribution in [0.2, 0.25) is 0 Å². The Balaban J connectivity index is 2.35. The van der Waals surface area contributed by atoms with Crippen molar-refractivity contribution in [2.75, 3.05) is 19.6 Å². The van der Waals surface area contributed by atoms with Gasteiger partial charge in [0.2, 0.25) is 0 Å². The summed E-state index contributed by atoms with van der Waals surface area (Å²) in [5, 5.41) is 3.74. The van der Waals surface area contributed by atoms with Crippen LogP contribution in [-0.2, 0) is 0 Å². The summed E-state index contributed by atoms with van der Waals surface area (Å²) in [6, 6.07) is 0.747. The highest BCUT2D eigenvalue weighted by Crippen LogP contribution is 2.19. The SMILES string of the molecule is CCCCCCCN1CC(C)(CC)NCCC1C. The van der Waals surface area contributed by atoms with Gasteiger partial charge in [-0.2, -0.15) is 0 Å². The summed E-state index contributed by atoms with van der Waals surface area (Å²) in [6.45, 7) is 13.1. The van der Waals surface area contributed by atoms with Crippen LogP contribution in [0.15, 0.2) is 0 Å². The van der Waals surface area contributed by atoms with Gasteiger partial charge in [0.05, 0.1) is 0 Å². The van der Waals surface area contributed by atoms with E-state index in [0.29, 0.717) is 5.54 Å². The number of nitrogens with zero attached hydrogens (tertiary/aromatic N) is 1. The molecule has 1 rings (SSSR count). The quantitative estimate of drug-likeness (QED) is 0.695. The smallest absolute Gasteiger partial charge is 0.0277 e. The Kier molecular flexibility index (Phi) is 7.25. The van der Waals surface area contributed by atoms with Gasteiger partial charge in [0, 0.05) is 18.1 Å². The van der Waals surface area contributed by atoms with E-state index in [1.807, 2.05) is 0 Å². The molecule has 1 N–H and O–H groups in total. The van der Waals surface area contributed by atoms with Gasteiger partial charge in [-0.25, -0.2) is 0 Å². The van der Waals surface area contributed by atoms with Crippen molar-refractivity contribution in [1.29, 1.82) is 0 Å². The highest BCUT2D eigenvalue weighted by Gasteiger charge is 2.29. The Bertz CT molecular complexity index is 217. The lowest BCUT2D eigenvalue weighted by Crippen LogP contribution is -2.49. The Morgan fingerprint density at radius 2 is 1.89 bits per heavy atom. The molecule has 0 aromatic heterocycles. The molecule has 18 heavy (non-hydrogen) atoms. The first-order valence-corrected chi connectivity index (χ1v) is 8.10. The largest absolute Gasteiger partial charge is 0.310 e. The van der Waals surface area contributed by atoms with Crippen molar-refractivity contribution in [2.45, 2.75) is 84.2 Å². The molecule has 0 radical (unpaired) electrons. The molecule has 2 heteroatoms. The summed E-state index contributed by atoms with van der Waals surface area (Å²) in [5.41, 5.74) is 0.328. The molecule has 0 bridgehead atoms. The summed E-state index contributed by atoms with van der Waals surface area (Å²) >= 11 is 0. The maximum atomic E-state index is 3.74. The Morgan fingerprint density at radius 3 is 2.56 bits per heavy atom. The molecule has 2 nitrogen and oxygen atoms in total. The van der Waals surface area contributed by atoms with Gasteiger partial charge in [0.15, 0.2) is 0 Å². The molecule has 1 fully saturated rings. The van der Waals surface area contributed by atoms with E-state index in [0.717, 1.165) is 6.04 Å². The first-order chi connectivity index (χ1) is 8.61. The third-order valence-electron chi connectivity index (χ3n) is 4.62. The minimum absolute atomic E-state index is 0.328. The summed E-state index contributed by atoms with van der Waals surface area (Å²) in [4.78, 5) is 2.72. The van der Waals surface area contributed by atoms with Crippen LogP contribution in [0.1, 0.15) is 72.6 Å². The van der Waals surface area contributed by atoms with E-state index < -0.39 is 0 Å². The van der Waals surface area contributed by atoms with Gasteiger partial charge in [0.25, 0.3) is 0 Å². The summed E-state index contributed by atoms with van der Waals surface area (Å²) < 4.78 is 0. The average Bonchev–Trinajstić information content (AvgIpc) is 2.50. The summed E-state index contributed by atoms with van der Waals surface area (Å²) in [7, 11) is 0. The van der Waals surface area contributed by atoms with E-state index in [9.17, 15) is 0 Å². The molecular weight excluding hydrogens is 220 g/mol. The topological polar surface area (TPSA) is 15.3 Å². The lowest BCUT2D eigenvalue weighted by molar-refractivity contribution is 0.168. The van der Waals surface area contributed by atoms with E-state index in [2.05, 4.69) is 37.9 Å².